The number of carboxylic acids is 1. The number of aromatic hydroxyl groups is 1. The molecule has 2 N–H and O–H groups in total. The Morgan fingerprint density at radius 2 is 2.29 bits per heavy atom. The molecular formula is C9H7NO4. The molecule has 0 aliphatic heterocycles. The molecule has 5 nitrogen and oxygen atoms in total. The molecule has 2 aromatic rings. The summed E-state index contributed by atoms with van der Waals surface area (Å²) in [7, 11) is 0. The van der Waals surface area contributed by atoms with Crippen molar-refractivity contribution in [2.24, 2.45) is 0 Å². The van der Waals surface area contributed by atoms with E-state index in [1.807, 2.05) is 0 Å². The van der Waals surface area contributed by atoms with E-state index in [1.54, 1.807) is 6.07 Å². The fraction of sp³-hybridized carbons (Fsp3) is 0.111. The summed E-state index contributed by atoms with van der Waals surface area (Å²) in [5.41, 5.74) is 0.931. The first kappa shape index (κ1) is 8.55. The maximum Gasteiger partial charge on any atom is 0.312 e. The molecule has 0 radical (unpaired) electrons. The summed E-state index contributed by atoms with van der Waals surface area (Å²) in [5.74, 6) is -0.797. The number of carboxylic acid groups (broad SMARTS) is 1. The SMILES string of the molecule is O=C(O)Cc1nc2ccc(O)cc2o1. The fourth-order valence-electron chi connectivity index (χ4n) is 1.17. The Labute approximate surface area is 78.6 Å². The van der Waals surface area contributed by atoms with E-state index in [-0.39, 0.29) is 18.1 Å². The molecule has 0 aliphatic rings. The van der Waals surface area contributed by atoms with E-state index < -0.39 is 5.97 Å². The number of aromatic nitrogens is 1. The number of nitrogens with zero attached hydrogens (tertiary/aromatic N) is 1. The average Bonchev–Trinajstić information content (AvgIpc) is 2.44. The molecule has 0 aliphatic carbocycles. The van der Waals surface area contributed by atoms with Gasteiger partial charge in [0.15, 0.2) is 5.58 Å². The zero-order valence-corrected chi connectivity index (χ0v) is 7.10. The van der Waals surface area contributed by atoms with Crippen molar-refractivity contribution in [1.29, 1.82) is 0 Å². The summed E-state index contributed by atoms with van der Waals surface area (Å²) >= 11 is 0. The fourth-order valence-corrected chi connectivity index (χ4v) is 1.17. The Morgan fingerprint density at radius 1 is 1.50 bits per heavy atom. The van der Waals surface area contributed by atoms with Crippen LogP contribution in [-0.2, 0) is 11.2 Å². The van der Waals surface area contributed by atoms with E-state index >= 15 is 0 Å². The summed E-state index contributed by atoms with van der Waals surface area (Å²) in [6, 6.07) is 4.43. The second kappa shape index (κ2) is 3.02. The van der Waals surface area contributed by atoms with Crippen LogP contribution in [0, 0.1) is 0 Å². The third kappa shape index (κ3) is 1.52. The average molecular weight is 193 g/mol. The largest absolute Gasteiger partial charge is 0.508 e. The van der Waals surface area contributed by atoms with E-state index in [0.717, 1.165) is 0 Å². The second-order valence-corrected chi connectivity index (χ2v) is 2.83. The number of rotatable bonds is 2. The lowest BCUT2D eigenvalue weighted by Crippen LogP contribution is -1.99. The minimum Gasteiger partial charge on any atom is -0.508 e. The lowest BCUT2D eigenvalue weighted by molar-refractivity contribution is -0.136. The Bertz CT molecular complexity index is 489. The van der Waals surface area contributed by atoms with Crippen molar-refractivity contribution in [3.8, 4) is 5.75 Å². The van der Waals surface area contributed by atoms with Crippen molar-refractivity contribution in [3.05, 3.63) is 24.1 Å². The quantitative estimate of drug-likeness (QED) is 0.747. The van der Waals surface area contributed by atoms with Gasteiger partial charge in [0.05, 0.1) is 0 Å². The molecule has 0 atom stereocenters. The van der Waals surface area contributed by atoms with Crippen LogP contribution >= 0.6 is 0 Å². The minimum atomic E-state index is -0.999. The highest BCUT2D eigenvalue weighted by Gasteiger charge is 2.09. The van der Waals surface area contributed by atoms with Crippen LogP contribution in [0.3, 0.4) is 0 Å². The van der Waals surface area contributed by atoms with E-state index in [4.69, 9.17) is 14.6 Å². The third-order valence-corrected chi connectivity index (χ3v) is 1.72. The van der Waals surface area contributed by atoms with Gasteiger partial charge in [0, 0.05) is 6.07 Å². The highest BCUT2D eigenvalue weighted by atomic mass is 16.4. The Hall–Kier alpha value is -2.04. The molecule has 1 aromatic carbocycles. The van der Waals surface area contributed by atoms with Crippen LogP contribution in [0.15, 0.2) is 22.6 Å². The Morgan fingerprint density at radius 3 is 3.00 bits per heavy atom. The van der Waals surface area contributed by atoms with Crippen molar-refractivity contribution in [2.45, 2.75) is 6.42 Å². The highest BCUT2D eigenvalue weighted by molar-refractivity contribution is 5.76. The molecule has 2 rings (SSSR count). The second-order valence-electron chi connectivity index (χ2n) is 2.83. The van der Waals surface area contributed by atoms with Crippen molar-refractivity contribution in [1.82, 2.24) is 4.98 Å². The number of hydrogen-bond acceptors (Lipinski definition) is 4. The Balaban J connectivity index is 2.46. The zero-order chi connectivity index (χ0) is 10.1. The monoisotopic (exact) mass is 193 g/mol. The topological polar surface area (TPSA) is 83.6 Å². The van der Waals surface area contributed by atoms with Crippen LogP contribution in [0.5, 0.6) is 5.75 Å². The number of phenols is 1. The van der Waals surface area contributed by atoms with Gasteiger partial charge in [0.2, 0.25) is 5.89 Å². The third-order valence-electron chi connectivity index (χ3n) is 1.72. The smallest absolute Gasteiger partial charge is 0.312 e. The van der Waals surface area contributed by atoms with E-state index in [0.29, 0.717) is 11.1 Å². The molecule has 0 spiro atoms. The molecule has 1 heterocycles. The predicted octanol–water partition coefficient (Wildman–Crippen LogP) is 1.16. The maximum atomic E-state index is 10.4. The van der Waals surface area contributed by atoms with E-state index in [9.17, 15) is 4.79 Å². The Kier molecular flexibility index (Phi) is 1.85. The molecule has 0 saturated heterocycles. The van der Waals surface area contributed by atoms with Gasteiger partial charge < -0.3 is 14.6 Å². The van der Waals surface area contributed by atoms with Crippen LogP contribution in [0.4, 0.5) is 0 Å². The molecule has 0 amide bonds. The minimum absolute atomic E-state index is 0.0653. The summed E-state index contributed by atoms with van der Waals surface area (Å²) in [5, 5.41) is 17.6. The molecular weight excluding hydrogens is 186 g/mol. The van der Waals surface area contributed by atoms with Crippen LogP contribution in [0.2, 0.25) is 0 Å². The molecule has 0 bridgehead atoms. The van der Waals surface area contributed by atoms with Crippen molar-refractivity contribution < 1.29 is 19.4 Å². The van der Waals surface area contributed by atoms with Gasteiger partial charge in [0.25, 0.3) is 0 Å². The first-order valence-electron chi connectivity index (χ1n) is 3.95. The number of aliphatic carboxylic acids is 1. The van der Waals surface area contributed by atoms with Gasteiger partial charge >= 0.3 is 5.97 Å². The summed E-state index contributed by atoms with van der Waals surface area (Å²) in [6.45, 7) is 0. The van der Waals surface area contributed by atoms with Crippen LogP contribution < -0.4 is 0 Å². The van der Waals surface area contributed by atoms with Crippen LogP contribution in [0.1, 0.15) is 5.89 Å². The molecule has 14 heavy (non-hydrogen) atoms. The molecule has 0 saturated carbocycles. The number of carbonyl (C=O) groups is 1. The summed E-state index contributed by atoms with van der Waals surface area (Å²) in [4.78, 5) is 14.3. The first-order chi connectivity index (χ1) is 6.65. The number of hydrogen-bond donors (Lipinski definition) is 2. The summed E-state index contributed by atoms with van der Waals surface area (Å²) in [6.07, 6.45) is -0.255. The van der Waals surface area contributed by atoms with Crippen molar-refractivity contribution >= 4 is 17.1 Å². The molecule has 0 unspecified atom stereocenters. The normalized spacial score (nSPS) is 10.6. The van der Waals surface area contributed by atoms with Gasteiger partial charge in [-0.05, 0) is 12.1 Å². The number of oxazole rings is 1. The van der Waals surface area contributed by atoms with Gasteiger partial charge in [-0.15, -0.1) is 0 Å². The van der Waals surface area contributed by atoms with Gasteiger partial charge in [-0.1, -0.05) is 0 Å². The molecule has 1 aromatic heterocycles. The maximum absolute atomic E-state index is 10.4. The number of phenolic OH excluding ortho intramolecular Hbond substituents is 1. The van der Waals surface area contributed by atoms with E-state index in [2.05, 4.69) is 4.98 Å². The van der Waals surface area contributed by atoms with Crippen molar-refractivity contribution in [2.75, 3.05) is 0 Å². The predicted molar refractivity (Wildman–Crippen MR) is 47.0 cm³/mol. The van der Waals surface area contributed by atoms with Gasteiger partial charge in [-0.25, -0.2) is 4.98 Å². The van der Waals surface area contributed by atoms with Crippen LogP contribution in [-0.4, -0.2) is 21.2 Å². The molecule has 5 heteroatoms. The number of benzene rings is 1. The zero-order valence-electron chi connectivity index (χ0n) is 7.10. The molecule has 0 fully saturated rings. The summed E-state index contributed by atoms with van der Waals surface area (Å²) < 4.78 is 5.11. The highest BCUT2D eigenvalue weighted by Crippen LogP contribution is 2.20. The van der Waals surface area contributed by atoms with Gasteiger partial charge in [-0.2, -0.15) is 0 Å². The van der Waals surface area contributed by atoms with Gasteiger partial charge in [-0.3, -0.25) is 4.79 Å². The standard InChI is InChI=1S/C9H7NO4/c11-5-1-2-6-7(3-5)14-8(10-6)4-9(12)13/h1-3,11H,4H2,(H,12,13). The van der Waals surface area contributed by atoms with E-state index in [1.165, 1.54) is 12.1 Å². The lowest BCUT2D eigenvalue weighted by atomic mass is 10.3. The van der Waals surface area contributed by atoms with Crippen molar-refractivity contribution in [3.63, 3.8) is 0 Å². The number of fused-ring (bicyclic) bond motifs is 1. The molecule has 72 valence electrons. The van der Waals surface area contributed by atoms with Gasteiger partial charge in [0.1, 0.15) is 17.7 Å². The van der Waals surface area contributed by atoms with Crippen LogP contribution in [0.25, 0.3) is 11.1 Å². The lowest BCUT2D eigenvalue weighted by Gasteiger charge is -1.87. The first-order valence-corrected chi connectivity index (χ1v) is 3.95.